The zero-order valence-corrected chi connectivity index (χ0v) is 18.9. The molecular weight excluding hydrogens is 480 g/mol. The van der Waals surface area contributed by atoms with Crippen LogP contribution in [-0.2, 0) is 18.1 Å². The molecule has 1 atom stereocenters. The number of pyridine rings is 1. The number of nitrogens with one attached hydrogen (secondary N) is 1. The minimum Gasteiger partial charge on any atom is -0.487 e. The molecule has 0 spiro atoms. The Bertz CT molecular complexity index is 1300. The summed E-state index contributed by atoms with van der Waals surface area (Å²) < 4.78 is 65.3. The molecule has 36 heavy (non-hydrogen) atoms. The number of hydrazone groups is 1. The van der Waals surface area contributed by atoms with Gasteiger partial charge in [-0.1, -0.05) is 12.1 Å². The van der Waals surface area contributed by atoms with Gasteiger partial charge >= 0.3 is 5.92 Å². The summed E-state index contributed by atoms with van der Waals surface area (Å²) >= 11 is 0. The molecule has 12 heteroatoms. The van der Waals surface area contributed by atoms with Crippen LogP contribution in [0.3, 0.4) is 0 Å². The zero-order valence-electron chi connectivity index (χ0n) is 18.9. The molecule has 0 saturated carbocycles. The van der Waals surface area contributed by atoms with Crippen molar-refractivity contribution in [2.45, 2.75) is 18.1 Å². The van der Waals surface area contributed by atoms with Crippen molar-refractivity contribution >= 4 is 6.34 Å². The molecule has 8 nitrogen and oxygen atoms in total. The van der Waals surface area contributed by atoms with Gasteiger partial charge in [-0.15, -0.1) is 10.6 Å². The molecule has 4 rings (SSSR count). The highest BCUT2D eigenvalue weighted by Gasteiger charge is 2.58. The Morgan fingerprint density at radius 1 is 1.11 bits per heavy atom. The monoisotopic (exact) mass is 500 g/mol. The second-order valence-corrected chi connectivity index (χ2v) is 8.02. The molecular formula is C24H20F4N6O2. The smallest absolute Gasteiger partial charge is 0.323 e. The topological polar surface area (TPSA) is 97.0 Å². The van der Waals surface area contributed by atoms with Crippen LogP contribution in [0.5, 0.6) is 5.75 Å². The van der Waals surface area contributed by atoms with Gasteiger partial charge in [0.25, 0.3) is 0 Å². The third-order valence-corrected chi connectivity index (χ3v) is 5.48. The quantitative estimate of drug-likeness (QED) is 0.458. The number of aliphatic hydroxyl groups is 1. The number of aromatic nitrogens is 1. The molecule has 0 aliphatic carbocycles. The number of benzene rings is 2. The largest absolute Gasteiger partial charge is 0.487 e. The van der Waals surface area contributed by atoms with Gasteiger partial charge in [0.2, 0.25) is 0 Å². The van der Waals surface area contributed by atoms with E-state index in [2.05, 4.69) is 15.6 Å². The molecule has 2 N–H and O–H groups in total. The molecule has 0 radical (unpaired) electrons. The number of nitrogens with zero attached hydrogens (tertiary/aromatic N) is 5. The van der Waals surface area contributed by atoms with Crippen molar-refractivity contribution < 1.29 is 27.4 Å². The van der Waals surface area contributed by atoms with Crippen molar-refractivity contribution in [2.75, 3.05) is 13.6 Å². The molecule has 0 amide bonds. The maximum atomic E-state index is 15.8. The van der Waals surface area contributed by atoms with Crippen molar-refractivity contribution in [2.24, 2.45) is 5.10 Å². The number of alkyl halides is 2. The highest BCUT2D eigenvalue weighted by atomic mass is 19.3. The SMILES string of the molecule is CN1N=CN(CC(O)(c2ccc(F)cc2F)C(F)(F)c2ccc(OCc3ccc(C#N)cc3)cn2)N1. The molecule has 3 aromatic rings. The fourth-order valence-corrected chi connectivity index (χ4v) is 3.58. The predicted molar refractivity (Wildman–Crippen MR) is 120 cm³/mol. The molecule has 1 unspecified atom stereocenters. The standard InChI is InChI=1S/C24H20F4N6O2/c1-33-31-15-34(32-33)14-23(35,20-8-6-18(25)10-21(20)26)24(27,28)22-9-7-19(12-30-22)36-13-17-4-2-16(11-29)3-5-17/h2-10,12,15,32,35H,13-14H2,1H3. The highest BCUT2D eigenvalue weighted by molar-refractivity contribution is 5.55. The Kier molecular flexibility index (Phi) is 6.78. The summed E-state index contributed by atoms with van der Waals surface area (Å²) in [5.41, 5.74) is -1.04. The second-order valence-electron chi connectivity index (χ2n) is 8.02. The van der Waals surface area contributed by atoms with E-state index in [-0.39, 0.29) is 12.4 Å². The zero-order chi connectivity index (χ0) is 25.9. The maximum Gasteiger partial charge on any atom is 0.323 e. The van der Waals surface area contributed by atoms with Gasteiger partial charge in [0.15, 0.2) is 5.60 Å². The van der Waals surface area contributed by atoms with Crippen molar-refractivity contribution in [1.29, 1.82) is 5.26 Å². The first kappa shape index (κ1) is 24.9. The van der Waals surface area contributed by atoms with Gasteiger partial charge in [-0.05, 0) is 42.0 Å². The number of β-amino-alcohol motifs (C(OH)–C–C–N with tert-alkyl or cyclic N) is 1. The fraction of sp³-hybridized carbons (Fsp3) is 0.208. The first-order valence-electron chi connectivity index (χ1n) is 10.6. The average Bonchev–Trinajstić information content (AvgIpc) is 3.27. The van der Waals surface area contributed by atoms with Gasteiger partial charge in [-0.25, -0.2) is 13.9 Å². The molecule has 2 aromatic carbocycles. The van der Waals surface area contributed by atoms with Gasteiger partial charge in [-0.3, -0.25) is 9.99 Å². The second kappa shape index (κ2) is 9.80. The number of nitriles is 1. The molecule has 0 fully saturated rings. The summed E-state index contributed by atoms with van der Waals surface area (Å²) in [6, 6.07) is 12.8. The van der Waals surface area contributed by atoms with Gasteiger partial charge in [0.1, 0.15) is 36.0 Å². The van der Waals surface area contributed by atoms with Crippen molar-refractivity contribution in [3.05, 3.63) is 94.8 Å². The van der Waals surface area contributed by atoms with Crippen LogP contribution < -0.4 is 10.3 Å². The normalized spacial score (nSPS) is 15.0. The maximum absolute atomic E-state index is 15.8. The Morgan fingerprint density at radius 2 is 1.86 bits per heavy atom. The molecule has 1 aliphatic rings. The van der Waals surface area contributed by atoms with Crippen LogP contribution in [0.15, 0.2) is 65.9 Å². The lowest BCUT2D eigenvalue weighted by Crippen LogP contribution is -2.55. The predicted octanol–water partition coefficient (Wildman–Crippen LogP) is 3.40. The summed E-state index contributed by atoms with van der Waals surface area (Å²) in [5.74, 6) is -6.28. The highest BCUT2D eigenvalue weighted by Crippen LogP contribution is 2.46. The van der Waals surface area contributed by atoms with E-state index >= 15 is 8.78 Å². The van der Waals surface area contributed by atoms with Crippen LogP contribution in [0.25, 0.3) is 0 Å². The number of rotatable bonds is 8. The number of halogens is 4. The lowest BCUT2D eigenvalue weighted by atomic mass is 9.84. The van der Waals surface area contributed by atoms with Crippen LogP contribution in [0.1, 0.15) is 22.4 Å². The fourth-order valence-electron chi connectivity index (χ4n) is 3.58. The average molecular weight is 500 g/mol. The third kappa shape index (κ3) is 4.93. The van der Waals surface area contributed by atoms with Crippen LogP contribution >= 0.6 is 0 Å². The van der Waals surface area contributed by atoms with Crippen molar-refractivity contribution in [1.82, 2.24) is 20.6 Å². The lowest BCUT2D eigenvalue weighted by molar-refractivity contribution is -0.207. The van der Waals surface area contributed by atoms with Gasteiger partial charge in [0.05, 0.1) is 24.4 Å². The first-order chi connectivity index (χ1) is 17.1. The van der Waals surface area contributed by atoms with Gasteiger partial charge in [0, 0.05) is 18.7 Å². The minimum atomic E-state index is -4.13. The van der Waals surface area contributed by atoms with E-state index < -0.39 is 41.0 Å². The molecule has 1 aromatic heterocycles. The van der Waals surface area contributed by atoms with Crippen LogP contribution in [0, 0.1) is 23.0 Å². The lowest BCUT2D eigenvalue weighted by Gasteiger charge is -2.38. The molecule has 2 heterocycles. The summed E-state index contributed by atoms with van der Waals surface area (Å²) in [7, 11) is 1.49. The summed E-state index contributed by atoms with van der Waals surface area (Å²) in [5, 5.41) is 26.2. The van der Waals surface area contributed by atoms with Gasteiger partial charge in [-0.2, -0.15) is 14.0 Å². The van der Waals surface area contributed by atoms with E-state index in [4.69, 9.17) is 10.00 Å². The minimum absolute atomic E-state index is 0.0985. The van der Waals surface area contributed by atoms with E-state index in [9.17, 15) is 13.9 Å². The molecule has 1 aliphatic heterocycles. The van der Waals surface area contributed by atoms with Gasteiger partial charge < -0.3 is 9.84 Å². The van der Waals surface area contributed by atoms with Crippen LogP contribution in [-0.4, -0.2) is 40.1 Å². The molecule has 186 valence electrons. The number of hydrogen-bond acceptors (Lipinski definition) is 8. The number of hydrazine groups is 2. The summed E-state index contributed by atoms with van der Waals surface area (Å²) in [4.78, 5) is 3.76. The third-order valence-electron chi connectivity index (χ3n) is 5.48. The van der Waals surface area contributed by atoms with E-state index in [0.29, 0.717) is 11.6 Å². The molecule has 0 bridgehead atoms. The number of ether oxygens (including phenoxy) is 1. The Labute approximate surface area is 203 Å². The van der Waals surface area contributed by atoms with E-state index in [1.165, 1.54) is 18.2 Å². The Balaban J connectivity index is 1.60. The van der Waals surface area contributed by atoms with Crippen molar-refractivity contribution in [3.8, 4) is 11.8 Å². The summed E-state index contributed by atoms with van der Waals surface area (Å²) in [6.07, 6.45) is 2.19. The Morgan fingerprint density at radius 3 is 2.44 bits per heavy atom. The van der Waals surface area contributed by atoms with E-state index in [1.54, 1.807) is 24.3 Å². The molecule has 0 saturated heterocycles. The number of hydrogen-bond donors (Lipinski definition) is 2. The summed E-state index contributed by atoms with van der Waals surface area (Å²) in [6.45, 7) is -0.754. The Hall–Kier alpha value is -4.21. The van der Waals surface area contributed by atoms with Crippen LogP contribution in [0.2, 0.25) is 0 Å². The first-order valence-corrected chi connectivity index (χ1v) is 10.6. The van der Waals surface area contributed by atoms with Crippen LogP contribution in [0.4, 0.5) is 17.6 Å². The van der Waals surface area contributed by atoms with Crippen molar-refractivity contribution in [3.63, 3.8) is 0 Å². The van der Waals surface area contributed by atoms with E-state index in [0.717, 1.165) is 41.3 Å². The van der Waals surface area contributed by atoms with E-state index in [1.807, 2.05) is 6.07 Å².